The number of anilines is 1. The van der Waals surface area contributed by atoms with Crippen LogP contribution in [-0.4, -0.2) is 33.6 Å². The van der Waals surface area contributed by atoms with Gasteiger partial charge >= 0.3 is 0 Å². The van der Waals surface area contributed by atoms with Crippen molar-refractivity contribution in [3.63, 3.8) is 0 Å². The van der Waals surface area contributed by atoms with E-state index in [-0.39, 0.29) is 33.2 Å². The van der Waals surface area contributed by atoms with Crippen molar-refractivity contribution in [2.45, 2.75) is 31.3 Å². The Morgan fingerprint density at radius 3 is 2.50 bits per heavy atom. The number of rotatable bonds is 9. The van der Waals surface area contributed by atoms with Gasteiger partial charge in [-0.3, -0.25) is 9.52 Å². The maximum atomic E-state index is 13.0. The first-order valence-corrected chi connectivity index (χ1v) is 10.5. The average Bonchev–Trinajstić information content (AvgIpc) is 2.63. The summed E-state index contributed by atoms with van der Waals surface area (Å²) < 4.78 is 45.6. The van der Waals surface area contributed by atoms with E-state index in [0.717, 1.165) is 24.3 Å². The van der Waals surface area contributed by atoms with Gasteiger partial charge in [0.2, 0.25) is 0 Å². The van der Waals surface area contributed by atoms with Crippen LogP contribution in [0, 0.1) is 5.82 Å². The molecule has 0 spiro atoms. The monoisotopic (exact) mass is 428 g/mol. The third kappa shape index (κ3) is 6.47. The van der Waals surface area contributed by atoms with Gasteiger partial charge in [-0.15, -0.1) is 0 Å². The fourth-order valence-corrected chi connectivity index (χ4v) is 3.55. The number of hydrogen-bond acceptors (Lipinski definition) is 4. The summed E-state index contributed by atoms with van der Waals surface area (Å²) in [6.45, 7) is 4.81. The zero-order valence-corrected chi connectivity index (χ0v) is 17.1. The molecule has 0 bridgehead atoms. The molecule has 0 heterocycles. The van der Waals surface area contributed by atoms with Crippen molar-refractivity contribution in [1.82, 2.24) is 5.32 Å². The van der Waals surface area contributed by atoms with Gasteiger partial charge in [0, 0.05) is 18.7 Å². The van der Waals surface area contributed by atoms with Crippen molar-refractivity contribution >= 4 is 33.2 Å². The molecule has 2 N–H and O–H groups in total. The first-order valence-electron chi connectivity index (χ1n) is 8.67. The molecular weight excluding hydrogens is 407 g/mol. The maximum Gasteiger partial charge on any atom is 0.261 e. The third-order valence-electron chi connectivity index (χ3n) is 3.65. The molecule has 0 saturated carbocycles. The van der Waals surface area contributed by atoms with Crippen molar-refractivity contribution in [2.75, 3.05) is 17.9 Å². The first kappa shape index (κ1) is 22.1. The standard InChI is InChI=1S/C19H22ClFN2O4S/c1-13(2)27-11-3-10-22-19(24)14-4-9-17(20)18(12-14)23-28(25,26)16-7-5-15(21)6-8-16/h4-9,12-13,23H,3,10-11H2,1-2H3,(H,22,24). The van der Waals surface area contributed by atoms with Gasteiger partial charge in [0.1, 0.15) is 5.82 Å². The summed E-state index contributed by atoms with van der Waals surface area (Å²) in [6.07, 6.45) is 0.783. The molecule has 0 radical (unpaired) electrons. The molecule has 0 saturated heterocycles. The molecule has 9 heteroatoms. The summed E-state index contributed by atoms with van der Waals surface area (Å²) in [6, 6.07) is 8.65. The Bertz CT molecular complexity index is 918. The fraction of sp³-hybridized carbons (Fsp3) is 0.316. The van der Waals surface area contributed by atoms with E-state index in [1.807, 2.05) is 13.8 Å². The van der Waals surface area contributed by atoms with E-state index in [0.29, 0.717) is 19.6 Å². The minimum Gasteiger partial charge on any atom is -0.379 e. The van der Waals surface area contributed by atoms with E-state index >= 15 is 0 Å². The molecule has 6 nitrogen and oxygen atoms in total. The highest BCUT2D eigenvalue weighted by atomic mass is 35.5. The number of halogens is 2. The second kappa shape index (κ2) is 9.86. The Hall–Kier alpha value is -2.16. The van der Waals surface area contributed by atoms with Gasteiger partial charge < -0.3 is 10.1 Å². The lowest BCUT2D eigenvalue weighted by Gasteiger charge is -2.12. The molecule has 0 fully saturated rings. The molecule has 2 aromatic carbocycles. The molecule has 1 amide bonds. The molecular formula is C19H22ClFN2O4S. The van der Waals surface area contributed by atoms with E-state index in [1.54, 1.807) is 0 Å². The number of hydrogen-bond donors (Lipinski definition) is 2. The second-order valence-corrected chi connectivity index (χ2v) is 8.37. The Balaban J connectivity index is 2.06. The lowest BCUT2D eigenvalue weighted by molar-refractivity contribution is 0.0757. The number of amides is 1. The Morgan fingerprint density at radius 2 is 1.86 bits per heavy atom. The van der Waals surface area contributed by atoms with Crippen LogP contribution in [-0.2, 0) is 14.8 Å². The smallest absolute Gasteiger partial charge is 0.261 e. The van der Waals surface area contributed by atoms with Gasteiger partial charge in [0.25, 0.3) is 15.9 Å². The van der Waals surface area contributed by atoms with Crippen LogP contribution in [0.2, 0.25) is 5.02 Å². The van der Waals surface area contributed by atoms with E-state index in [1.165, 1.54) is 18.2 Å². The SMILES string of the molecule is CC(C)OCCCNC(=O)c1ccc(Cl)c(NS(=O)(=O)c2ccc(F)cc2)c1. The number of ether oxygens (including phenoxy) is 1. The summed E-state index contributed by atoms with van der Waals surface area (Å²) in [7, 11) is -3.98. The first-order chi connectivity index (χ1) is 13.2. The highest BCUT2D eigenvalue weighted by Crippen LogP contribution is 2.26. The highest BCUT2D eigenvalue weighted by molar-refractivity contribution is 7.92. The van der Waals surface area contributed by atoms with Crippen LogP contribution >= 0.6 is 11.6 Å². The number of benzene rings is 2. The molecule has 28 heavy (non-hydrogen) atoms. The van der Waals surface area contributed by atoms with Crippen molar-refractivity contribution < 1.29 is 22.3 Å². The van der Waals surface area contributed by atoms with E-state index < -0.39 is 15.8 Å². The topological polar surface area (TPSA) is 84.5 Å². The summed E-state index contributed by atoms with van der Waals surface area (Å²) >= 11 is 6.06. The number of carbonyl (C=O) groups excluding carboxylic acids is 1. The van der Waals surface area contributed by atoms with Crippen LogP contribution in [0.5, 0.6) is 0 Å². The summed E-state index contributed by atoms with van der Waals surface area (Å²) in [5.41, 5.74) is 0.313. The predicted molar refractivity (Wildman–Crippen MR) is 107 cm³/mol. The lowest BCUT2D eigenvalue weighted by Crippen LogP contribution is -2.25. The molecule has 0 atom stereocenters. The zero-order chi connectivity index (χ0) is 20.7. The quantitative estimate of drug-likeness (QED) is 0.594. The van der Waals surface area contributed by atoms with Crippen molar-refractivity contribution in [2.24, 2.45) is 0 Å². The molecule has 0 aliphatic rings. The van der Waals surface area contributed by atoms with Crippen LogP contribution < -0.4 is 10.0 Å². The number of carbonyl (C=O) groups is 1. The van der Waals surface area contributed by atoms with Crippen LogP contribution in [0.1, 0.15) is 30.6 Å². The van der Waals surface area contributed by atoms with Crippen molar-refractivity contribution in [3.8, 4) is 0 Å². The average molecular weight is 429 g/mol. The molecule has 0 aliphatic carbocycles. The van der Waals surface area contributed by atoms with Gasteiger partial charge in [-0.2, -0.15) is 0 Å². The third-order valence-corrected chi connectivity index (χ3v) is 5.37. The van der Waals surface area contributed by atoms with Crippen molar-refractivity contribution in [3.05, 3.63) is 58.9 Å². The minimum absolute atomic E-state index is 0.0572. The van der Waals surface area contributed by atoms with E-state index in [4.69, 9.17) is 16.3 Å². The molecule has 0 unspecified atom stereocenters. The van der Waals surface area contributed by atoms with Gasteiger partial charge in [0.05, 0.1) is 21.7 Å². The predicted octanol–water partition coefficient (Wildman–Crippen LogP) is 3.82. The fourth-order valence-electron chi connectivity index (χ4n) is 2.26. The normalized spacial score (nSPS) is 11.5. The van der Waals surface area contributed by atoms with E-state index in [9.17, 15) is 17.6 Å². The Labute approximate surface area is 169 Å². The lowest BCUT2D eigenvalue weighted by atomic mass is 10.2. The Kier molecular flexibility index (Phi) is 7.79. The number of sulfonamides is 1. The molecule has 2 rings (SSSR count). The van der Waals surface area contributed by atoms with Crippen LogP contribution in [0.3, 0.4) is 0 Å². The van der Waals surface area contributed by atoms with Gasteiger partial charge in [-0.1, -0.05) is 11.6 Å². The van der Waals surface area contributed by atoms with E-state index in [2.05, 4.69) is 10.0 Å². The van der Waals surface area contributed by atoms with Gasteiger partial charge in [-0.05, 0) is 62.7 Å². The number of nitrogens with one attached hydrogen (secondary N) is 2. The summed E-state index contributed by atoms with van der Waals surface area (Å²) in [5, 5.41) is 2.87. The van der Waals surface area contributed by atoms with Crippen LogP contribution in [0.25, 0.3) is 0 Å². The highest BCUT2D eigenvalue weighted by Gasteiger charge is 2.17. The largest absolute Gasteiger partial charge is 0.379 e. The van der Waals surface area contributed by atoms with Crippen LogP contribution in [0.4, 0.5) is 10.1 Å². The summed E-state index contributed by atoms with van der Waals surface area (Å²) in [5.74, 6) is -0.905. The second-order valence-electron chi connectivity index (χ2n) is 6.28. The molecule has 0 aromatic heterocycles. The summed E-state index contributed by atoms with van der Waals surface area (Å²) in [4.78, 5) is 12.1. The zero-order valence-electron chi connectivity index (χ0n) is 15.5. The van der Waals surface area contributed by atoms with Gasteiger partial charge in [0.15, 0.2) is 0 Å². The molecule has 152 valence electrons. The Morgan fingerprint density at radius 1 is 1.18 bits per heavy atom. The van der Waals surface area contributed by atoms with Crippen LogP contribution in [0.15, 0.2) is 47.4 Å². The molecule has 0 aliphatic heterocycles. The molecule has 2 aromatic rings. The minimum atomic E-state index is -3.98. The van der Waals surface area contributed by atoms with Gasteiger partial charge in [-0.25, -0.2) is 12.8 Å². The maximum absolute atomic E-state index is 13.0. The van der Waals surface area contributed by atoms with Crippen molar-refractivity contribution in [1.29, 1.82) is 0 Å².